The van der Waals surface area contributed by atoms with Gasteiger partial charge in [-0.05, 0) is 77.7 Å². The second-order valence-electron chi connectivity index (χ2n) is 7.94. The Morgan fingerprint density at radius 3 is 2.37 bits per heavy atom. The number of hydrogen-bond acceptors (Lipinski definition) is 2. The maximum atomic E-state index is 6.31. The van der Waals surface area contributed by atoms with E-state index in [1.807, 2.05) is 0 Å². The van der Waals surface area contributed by atoms with E-state index in [1.54, 1.807) is 0 Å². The van der Waals surface area contributed by atoms with Crippen LogP contribution in [-0.4, -0.2) is 23.8 Å². The van der Waals surface area contributed by atoms with Crippen LogP contribution in [0.4, 0.5) is 0 Å². The van der Waals surface area contributed by atoms with Gasteiger partial charge in [-0.15, -0.1) is 0 Å². The number of nitrogens with one attached hydrogen (secondary N) is 1. The van der Waals surface area contributed by atoms with Crippen molar-refractivity contribution in [2.75, 3.05) is 6.54 Å². The van der Waals surface area contributed by atoms with Gasteiger partial charge in [0.15, 0.2) is 0 Å². The van der Waals surface area contributed by atoms with Crippen LogP contribution in [0.5, 0.6) is 0 Å². The lowest BCUT2D eigenvalue weighted by Crippen LogP contribution is -2.38. The monoisotopic (exact) mass is 267 g/mol. The summed E-state index contributed by atoms with van der Waals surface area (Å²) < 4.78 is 6.31. The molecule has 1 heterocycles. The summed E-state index contributed by atoms with van der Waals surface area (Å²) in [5.74, 6) is 2.32. The van der Waals surface area contributed by atoms with E-state index in [-0.39, 0.29) is 11.2 Å². The second-order valence-corrected chi connectivity index (χ2v) is 7.94. The van der Waals surface area contributed by atoms with Crippen molar-refractivity contribution in [2.24, 2.45) is 17.8 Å². The van der Waals surface area contributed by atoms with Crippen LogP contribution in [0.1, 0.15) is 67.2 Å². The highest BCUT2D eigenvalue weighted by Crippen LogP contribution is 2.51. The van der Waals surface area contributed by atoms with E-state index in [0.29, 0.717) is 5.92 Å². The molecule has 1 N–H and O–H groups in total. The molecule has 0 aromatic carbocycles. The lowest BCUT2D eigenvalue weighted by Gasteiger charge is -2.34. The van der Waals surface area contributed by atoms with Gasteiger partial charge in [-0.2, -0.15) is 0 Å². The highest BCUT2D eigenvalue weighted by molar-refractivity contribution is 5.01. The van der Waals surface area contributed by atoms with Crippen LogP contribution in [-0.2, 0) is 4.74 Å². The Balaban J connectivity index is 2.03. The Kier molecular flexibility index (Phi) is 4.32. The first-order valence-electron chi connectivity index (χ1n) is 8.20. The molecule has 1 aliphatic heterocycles. The highest BCUT2D eigenvalue weighted by atomic mass is 16.5. The quantitative estimate of drug-likeness (QED) is 0.831. The summed E-state index contributed by atoms with van der Waals surface area (Å²) in [6.07, 6.45) is 5.17. The van der Waals surface area contributed by atoms with Gasteiger partial charge in [-0.25, -0.2) is 0 Å². The van der Waals surface area contributed by atoms with Gasteiger partial charge in [0.25, 0.3) is 0 Å². The van der Waals surface area contributed by atoms with Crippen molar-refractivity contribution in [3.8, 4) is 0 Å². The molecule has 2 nitrogen and oxygen atoms in total. The van der Waals surface area contributed by atoms with Gasteiger partial charge in [0.05, 0.1) is 11.2 Å². The molecule has 0 aromatic heterocycles. The Hall–Kier alpha value is -0.0800. The molecule has 4 unspecified atom stereocenters. The van der Waals surface area contributed by atoms with E-state index in [4.69, 9.17) is 4.74 Å². The van der Waals surface area contributed by atoms with Gasteiger partial charge in [0.1, 0.15) is 0 Å². The molecule has 1 aliphatic carbocycles. The standard InChI is InChI=1S/C17H33NO/c1-7-10-18-15-9-8-13(12(15)2)14-11-16(3,4)19-17(14,5)6/h12-15,18H,7-11H2,1-6H3. The molecule has 19 heavy (non-hydrogen) atoms. The largest absolute Gasteiger partial charge is 0.369 e. The van der Waals surface area contributed by atoms with Crippen LogP contribution in [0.3, 0.4) is 0 Å². The molecule has 2 rings (SSSR count). The average Bonchev–Trinajstić information content (AvgIpc) is 2.73. The summed E-state index contributed by atoms with van der Waals surface area (Å²) in [7, 11) is 0. The molecule has 1 saturated carbocycles. The molecule has 2 heteroatoms. The van der Waals surface area contributed by atoms with Crippen LogP contribution in [0.25, 0.3) is 0 Å². The lowest BCUT2D eigenvalue weighted by atomic mass is 9.73. The van der Waals surface area contributed by atoms with E-state index >= 15 is 0 Å². The molecular weight excluding hydrogens is 234 g/mol. The molecule has 112 valence electrons. The predicted molar refractivity (Wildman–Crippen MR) is 81.3 cm³/mol. The lowest BCUT2D eigenvalue weighted by molar-refractivity contribution is -0.0816. The van der Waals surface area contributed by atoms with E-state index in [1.165, 1.54) is 25.7 Å². The molecule has 2 aliphatic rings. The third-order valence-corrected chi connectivity index (χ3v) is 5.44. The van der Waals surface area contributed by atoms with Gasteiger partial charge in [0, 0.05) is 6.04 Å². The van der Waals surface area contributed by atoms with E-state index in [2.05, 4.69) is 46.9 Å². The third kappa shape index (κ3) is 3.16. The Labute approximate surface area is 119 Å². The van der Waals surface area contributed by atoms with Gasteiger partial charge in [0.2, 0.25) is 0 Å². The van der Waals surface area contributed by atoms with Crippen LogP contribution < -0.4 is 5.32 Å². The average molecular weight is 267 g/mol. The maximum absolute atomic E-state index is 6.31. The van der Waals surface area contributed by atoms with Crippen molar-refractivity contribution in [1.29, 1.82) is 0 Å². The summed E-state index contributed by atoms with van der Waals surface area (Å²) in [4.78, 5) is 0. The molecule has 0 spiro atoms. The topological polar surface area (TPSA) is 21.3 Å². The van der Waals surface area contributed by atoms with Gasteiger partial charge >= 0.3 is 0 Å². The molecule has 0 radical (unpaired) electrons. The van der Waals surface area contributed by atoms with Crippen LogP contribution in [0, 0.1) is 17.8 Å². The van der Waals surface area contributed by atoms with Gasteiger partial charge in [-0.1, -0.05) is 13.8 Å². The maximum Gasteiger partial charge on any atom is 0.0665 e. The van der Waals surface area contributed by atoms with Crippen LogP contribution >= 0.6 is 0 Å². The minimum Gasteiger partial charge on any atom is -0.369 e. The molecule has 2 fully saturated rings. The zero-order chi connectivity index (χ0) is 14.3. The Bertz CT molecular complexity index is 310. The van der Waals surface area contributed by atoms with Crippen LogP contribution in [0.2, 0.25) is 0 Å². The first kappa shape index (κ1) is 15.3. The number of rotatable bonds is 4. The zero-order valence-electron chi connectivity index (χ0n) is 13.8. The Morgan fingerprint density at radius 1 is 1.16 bits per heavy atom. The third-order valence-electron chi connectivity index (χ3n) is 5.44. The van der Waals surface area contributed by atoms with E-state index in [0.717, 1.165) is 24.4 Å². The minimum atomic E-state index is 0.0437. The molecular formula is C17H33NO. The number of hydrogen-bond donors (Lipinski definition) is 1. The SMILES string of the molecule is CCCNC1CCC(C2CC(C)(C)OC2(C)C)C1C. The summed E-state index contributed by atoms with van der Waals surface area (Å²) in [5.41, 5.74) is 0.102. The highest BCUT2D eigenvalue weighted by Gasteiger charge is 2.52. The summed E-state index contributed by atoms with van der Waals surface area (Å²) in [5, 5.41) is 3.74. The van der Waals surface area contributed by atoms with Gasteiger partial charge in [-0.3, -0.25) is 0 Å². The van der Waals surface area contributed by atoms with Crippen molar-refractivity contribution >= 4 is 0 Å². The fraction of sp³-hybridized carbons (Fsp3) is 1.00. The first-order chi connectivity index (χ1) is 8.77. The summed E-state index contributed by atoms with van der Waals surface area (Å²) in [6, 6.07) is 0.726. The van der Waals surface area contributed by atoms with E-state index < -0.39 is 0 Å². The normalized spacial score (nSPS) is 40.7. The summed E-state index contributed by atoms with van der Waals surface area (Å²) in [6.45, 7) is 15.0. The fourth-order valence-corrected chi connectivity index (χ4v) is 4.65. The molecule has 4 atom stereocenters. The molecule has 1 saturated heterocycles. The number of ether oxygens (including phenoxy) is 1. The molecule has 0 bridgehead atoms. The summed E-state index contributed by atoms with van der Waals surface area (Å²) >= 11 is 0. The first-order valence-corrected chi connectivity index (χ1v) is 8.20. The van der Waals surface area contributed by atoms with Crippen molar-refractivity contribution in [3.05, 3.63) is 0 Å². The molecule has 0 amide bonds. The van der Waals surface area contributed by atoms with Crippen molar-refractivity contribution in [2.45, 2.75) is 84.5 Å². The Morgan fingerprint density at radius 2 is 1.84 bits per heavy atom. The van der Waals surface area contributed by atoms with Crippen LogP contribution in [0.15, 0.2) is 0 Å². The predicted octanol–water partition coefficient (Wildman–Crippen LogP) is 3.99. The zero-order valence-corrected chi connectivity index (χ0v) is 13.8. The van der Waals surface area contributed by atoms with Crippen molar-refractivity contribution < 1.29 is 4.74 Å². The van der Waals surface area contributed by atoms with Crippen molar-refractivity contribution in [1.82, 2.24) is 5.32 Å². The van der Waals surface area contributed by atoms with E-state index in [9.17, 15) is 0 Å². The second kappa shape index (κ2) is 5.37. The fourth-order valence-electron chi connectivity index (χ4n) is 4.65. The smallest absolute Gasteiger partial charge is 0.0665 e. The minimum absolute atomic E-state index is 0.0437. The van der Waals surface area contributed by atoms with Gasteiger partial charge < -0.3 is 10.1 Å². The van der Waals surface area contributed by atoms with Crippen molar-refractivity contribution in [3.63, 3.8) is 0 Å². The molecule has 0 aromatic rings.